The van der Waals surface area contributed by atoms with E-state index in [4.69, 9.17) is 5.73 Å². The third-order valence-electron chi connectivity index (χ3n) is 1.67. The van der Waals surface area contributed by atoms with Gasteiger partial charge in [0.15, 0.2) is 0 Å². The summed E-state index contributed by atoms with van der Waals surface area (Å²) >= 11 is 0. The highest BCUT2D eigenvalue weighted by atomic mass is 32.2. The highest BCUT2D eigenvalue weighted by Crippen LogP contribution is 2.17. The number of alkyl halides is 2. The molecular formula is C8H9F3N2O2S. The third-order valence-corrected chi connectivity index (χ3v) is 3.11. The monoisotopic (exact) mass is 254 g/mol. The van der Waals surface area contributed by atoms with Crippen LogP contribution in [0, 0.1) is 5.82 Å². The summed E-state index contributed by atoms with van der Waals surface area (Å²) in [4.78, 5) is -0.742. The van der Waals surface area contributed by atoms with E-state index in [2.05, 4.69) is 0 Å². The van der Waals surface area contributed by atoms with Crippen LogP contribution in [0.2, 0.25) is 0 Å². The fourth-order valence-corrected chi connectivity index (χ4v) is 2.09. The van der Waals surface area contributed by atoms with Gasteiger partial charge in [0, 0.05) is 5.69 Å². The molecule has 4 nitrogen and oxygen atoms in total. The average Bonchev–Trinajstić information content (AvgIpc) is 2.19. The normalized spacial score (nSPS) is 12.0. The molecular weight excluding hydrogens is 245 g/mol. The van der Waals surface area contributed by atoms with E-state index in [0.29, 0.717) is 0 Å². The molecule has 1 aromatic carbocycles. The van der Waals surface area contributed by atoms with Crippen molar-refractivity contribution in [2.75, 3.05) is 12.3 Å². The molecule has 8 heteroatoms. The summed E-state index contributed by atoms with van der Waals surface area (Å²) in [5, 5.41) is 0. The van der Waals surface area contributed by atoms with Gasteiger partial charge in [-0.05, 0) is 18.2 Å². The van der Waals surface area contributed by atoms with Crippen LogP contribution in [-0.2, 0) is 10.0 Å². The van der Waals surface area contributed by atoms with Crippen LogP contribution >= 0.6 is 0 Å². The summed E-state index contributed by atoms with van der Waals surface area (Å²) in [6.07, 6.45) is -2.85. The zero-order valence-electron chi connectivity index (χ0n) is 7.95. The Morgan fingerprint density at radius 1 is 1.38 bits per heavy atom. The molecule has 0 saturated carbocycles. The van der Waals surface area contributed by atoms with Gasteiger partial charge in [0.1, 0.15) is 10.7 Å². The Kier molecular flexibility index (Phi) is 3.76. The number of benzene rings is 1. The predicted octanol–water partition coefficient (Wildman–Crippen LogP) is 0.951. The van der Waals surface area contributed by atoms with E-state index in [9.17, 15) is 21.6 Å². The van der Waals surface area contributed by atoms with Crippen LogP contribution in [0.4, 0.5) is 18.9 Å². The molecule has 0 unspecified atom stereocenters. The first kappa shape index (κ1) is 12.8. The summed E-state index contributed by atoms with van der Waals surface area (Å²) in [7, 11) is -4.29. The lowest BCUT2D eigenvalue weighted by Crippen LogP contribution is -2.29. The van der Waals surface area contributed by atoms with Gasteiger partial charge in [0.05, 0.1) is 6.54 Å². The molecule has 0 radical (unpaired) electrons. The van der Waals surface area contributed by atoms with Crippen LogP contribution < -0.4 is 10.5 Å². The molecule has 16 heavy (non-hydrogen) atoms. The zero-order chi connectivity index (χ0) is 12.3. The Hall–Kier alpha value is -1.28. The molecule has 0 heterocycles. The second-order valence-electron chi connectivity index (χ2n) is 2.93. The van der Waals surface area contributed by atoms with E-state index in [-0.39, 0.29) is 5.69 Å². The molecule has 0 bridgehead atoms. The second kappa shape index (κ2) is 4.71. The number of nitrogens with one attached hydrogen (secondary N) is 1. The van der Waals surface area contributed by atoms with Crippen LogP contribution in [0.5, 0.6) is 0 Å². The smallest absolute Gasteiger partial charge is 0.251 e. The minimum Gasteiger partial charge on any atom is -0.399 e. The van der Waals surface area contributed by atoms with Crippen molar-refractivity contribution in [1.82, 2.24) is 4.72 Å². The number of halogens is 3. The van der Waals surface area contributed by atoms with E-state index < -0.39 is 33.7 Å². The van der Waals surface area contributed by atoms with Crippen molar-refractivity contribution in [3.63, 3.8) is 0 Å². The van der Waals surface area contributed by atoms with Gasteiger partial charge in [-0.3, -0.25) is 0 Å². The van der Waals surface area contributed by atoms with Crippen molar-refractivity contribution in [2.45, 2.75) is 11.3 Å². The van der Waals surface area contributed by atoms with Crippen LogP contribution in [0.15, 0.2) is 23.1 Å². The average molecular weight is 254 g/mol. The SMILES string of the molecule is Nc1ccc(F)c(S(=O)(=O)NCC(F)F)c1. The van der Waals surface area contributed by atoms with Crippen LogP contribution in [0.25, 0.3) is 0 Å². The van der Waals surface area contributed by atoms with E-state index in [1.165, 1.54) is 6.07 Å². The summed E-state index contributed by atoms with van der Waals surface area (Å²) < 4.78 is 61.1. The molecule has 0 saturated heterocycles. The molecule has 0 spiro atoms. The van der Waals surface area contributed by atoms with Crippen molar-refractivity contribution in [3.8, 4) is 0 Å². The molecule has 0 aliphatic rings. The van der Waals surface area contributed by atoms with Crippen molar-refractivity contribution in [2.24, 2.45) is 0 Å². The maximum absolute atomic E-state index is 13.1. The molecule has 0 aliphatic heterocycles. The molecule has 0 fully saturated rings. The van der Waals surface area contributed by atoms with Gasteiger partial charge in [-0.2, -0.15) is 0 Å². The second-order valence-corrected chi connectivity index (χ2v) is 4.67. The van der Waals surface area contributed by atoms with Crippen LogP contribution in [-0.4, -0.2) is 21.4 Å². The number of nitrogens with two attached hydrogens (primary N) is 1. The summed E-state index contributed by atoms with van der Waals surface area (Å²) in [6, 6.07) is 2.89. The Morgan fingerprint density at radius 3 is 2.56 bits per heavy atom. The fraction of sp³-hybridized carbons (Fsp3) is 0.250. The van der Waals surface area contributed by atoms with Gasteiger partial charge in [-0.25, -0.2) is 26.3 Å². The fourth-order valence-electron chi connectivity index (χ4n) is 0.976. The number of anilines is 1. The number of hydrogen-bond donors (Lipinski definition) is 2. The first-order valence-electron chi connectivity index (χ1n) is 4.16. The number of nitrogen functional groups attached to an aromatic ring is 1. The van der Waals surface area contributed by atoms with E-state index >= 15 is 0 Å². The highest BCUT2D eigenvalue weighted by molar-refractivity contribution is 7.89. The van der Waals surface area contributed by atoms with Crippen LogP contribution in [0.1, 0.15) is 0 Å². The minimum atomic E-state index is -4.29. The Labute approximate surface area is 90.3 Å². The maximum atomic E-state index is 13.1. The Balaban J connectivity index is 3.02. The molecule has 1 rings (SSSR count). The minimum absolute atomic E-state index is 0.0267. The van der Waals surface area contributed by atoms with Gasteiger partial charge in [-0.1, -0.05) is 0 Å². The van der Waals surface area contributed by atoms with E-state index in [0.717, 1.165) is 12.1 Å². The van der Waals surface area contributed by atoms with Crippen LogP contribution in [0.3, 0.4) is 0 Å². The van der Waals surface area contributed by atoms with Gasteiger partial charge >= 0.3 is 0 Å². The number of sulfonamides is 1. The first-order chi connectivity index (χ1) is 7.33. The largest absolute Gasteiger partial charge is 0.399 e. The predicted molar refractivity (Wildman–Crippen MR) is 52.0 cm³/mol. The quantitative estimate of drug-likeness (QED) is 0.786. The number of rotatable bonds is 4. The van der Waals surface area contributed by atoms with E-state index in [1.807, 2.05) is 0 Å². The lowest BCUT2D eigenvalue weighted by Gasteiger charge is -2.07. The molecule has 0 aliphatic carbocycles. The molecule has 1 aromatic rings. The molecule has 3 N–H and O–H groups in total. The van der Waals surface area contributed by atoms with Crippen molar-refractivity contribution in [1.29, 1.82) is 0 Å². The number of hydrogen-bond acceptors (Lipinski definition) is 3. The molecule has 90 valence electrons. The standard InChI is InChI=1S/C8H9F3N2O2S/c9-6-2-1-5(12)3-7(6)16(14,15)13-4-8(10)11/h1-3,8,13H,4,12H2. The summed E-state index contributed by atoms with van der Waals surface area (Å²) in [5.41, 5.74) is 5.30. The Bertz CT molecular complexity index is 476. The Morgan fingerprint density at radius 2 is 2.00 bits per heavy atom. The topological polar surface area (TPSA) is 72.2 Å². The molecule has 0 aromatic heterocycles. The third kappa shape index (κ3) is 3.11. The van der Waals surface area contributed by atoms with E-state index in [1.54, 1.807) is 4.72 Å². The lowest BCUT2D eigenvalue weighted by atomic mass is 10.3. The van der Waals surface area contributed by atoms with Gasteiger partial charge in [-0.15, -0.1) is 0 Å². The van der Waals surface area contributed by atoms with Gasteiger partial charge in [0.2, 0.25) is 10.0 Å². The summed E-state index contributed by atoms with van der Waals surface area (Å²) in [5.74, 6) is -1.05. The van der Waals surface area contributed by atoms with Crippen molar-refractivity contribution in [3.05, 3.63) is 24.0 Å². The summed E-state index contributed by atoms with van der Waals surface area (Å²) in [6.45, 7) is -1.07. The first-order valence-corrected chi connectivity index (χ1v) is 5.64. The van der Waals surface area contributed by atoms with Gasteiger partial charge in [0.25, 0.3) is 6.43 Å². The van der Waals surface area contributed by atoms with Gasteiger partial charge < -0.3 is 5.73 Å². The molecule has 0 amide bonds. The molecule has 0 atom stereocenters. The highest BCUT2D eigenvalue weighted by Gasteiger charge is 2.20. The zero-order valence-corrected chi connectivity index (χ0v) is 8.77. The van der Waals surface area contributed by atoms with Crippen molar-refractivity contribution >= 4 is 15.7 Å². The van der Waals surface area contributed by atoms with Crippen molar-refractivity contribution < 1.29 is 21.6 Å². The lowest BCUT2D eigenvalue weighted by molar-refractivity contribution is 0.153. The maximum Gasteiger partial charge on any atom is 0.251 e.